The van der Waals surface area contributed by atoms with E-state index in [9.17, 15) is 0 Å². The molecule has 0 fully saturated rings. The molecular formula is C17H20BrNO. The lowest BCUT2D eigenvalue weighted by molar-refractivity contribution is 0.242. The fraction of sp³-hybridized carbons (Fsp3) is 0.294. The summed E-state index contributed by atoms with van der Waals surface area (Å²) in [5.74, 6) is 0.907. The second-order valence-electron chi connectivity index (χ2n) is 4.98. The van der Waals surface area contributed by atoms with Crippen LogP contribution in [0, 0.1) is 0 Å². The minimum Gasteiger partial charge on any atom is -0.491 e. The molecule has 0 aromatic heterocycles. The highest BCUT2D eigenvalue weighted by molar-refractivity contribution is 9.10. The highest BCUT2D eigenvalue weighted by atomic mass is 79.9. The molecule has 2 nitrogen and oxygen atoms in total. The fourth-order valence-corrected chi connectivity index (χ4v) is 2.76. The average molecular weight is 334 g/mol. The first-order valence-corrected chi connectivity index (χ1v) is 7.59. The molecule has 20 heavy (non-hydrogen) atoms. The van der Waals surface area contributed by atoms with Crippen LogP contribution in [0.15, 0.2) is 53.0 Å². The van der Waals surface area contributed by atoms with Gasteiger partial charge in [0.25, 0.3) is 0 Å². The summed E-state index contributed by atoms with van der Waals surface area (Å²) in [5.41, 5.74) is 2.41. The molecule has 0 aliphatic rings. The van der Waals surface area contributed by atoms with Crippen LogP contribution in [0.3, 0.4) is 0 Å². The maximum atomic E-state index is 5.78. The summed E-state index contributed by atoms with van der Waals surface area (Å²) in [4.78, 5) is 0. The Morgan fingerprint density at radius 3 is 2.45 bits per heavy atom. The topological polar surface area (TPSA) is 21.3 Å². The molecule has 1 atom stereocenters. The summed E-state index contributed by atoms with van der Waals surface area (Å²) in [5, 5.41) is 3.37. The molecule has 3 heteroatoms. The van der Waals surface area contributed by atoms with E-state index in [4.69, 9.17) is 4.74 Å². The molecule has 0 bridgehead atoms. The third-order valence-electron chi connectivity index (χ3n) is 3.07. The normalized spacial score (nSPS) is 12.4. The third-order valence-corrected chi connectivity index (χ3v) is 3.79. The van der Waals surface area contributed by atoms with Crippen LogP contribution in [-0.4, -0.2) is 13.2 Å². The van der Waals surface area contributed by atoms with Crippen molar-refractivity contribution in [1.82, 2.24) is 5.32 Å². The molecule has 0 saturated carbocycles. The average Bonchev–Trinajstić information content (AvgIpc) is 2.41. The molecule has 2 aromatic rings. The van der Waals surface area contributed by atoms with Crippen LogP contribution < -0.4 is 10.1 Å². The maximum Gasteiger partial charge on any atom is 0.120 e. The lowest BCUT2D eigenvalue weighted by Crippen LogP contribution is -2.18. The van der Waals surface area contributed by atoms with Crippen LogP contribution in [-0.2, 0) is 0 Å². The number of benzene rings is 2. The van der Waals surface area contributed by atoms with E-state index in [1.165, 1.54) is 11.1 Å². The zero-order valence-corrected chi connectivity index (χ0v) is 13.6. The first-order chi connectivity index (χ1) is 9.61. The van der Waals surface area contributed by atoms with Crippen molar-refractivity contribution in [2.45, 2.75) is 26.0 Å². The smallest absolute Gasteiger partial charge is 0.120 e. The van der Waals surface area contributed by atoms with E-state index in [0.29, 0.717) is 0 Å². The van der Waals surface area contributed by atoms with Gasteiger partial charge in [-0.15, -0.1) is 0 Å². The van der Waals surface area contributed by atoms with E-state index < -0.39 is 0 Å². The van der Waals surface area contributed by atoms with Crippen LogP contribution in [0.1, 0.15) is 31.0 Å². The Hall–Kier alpha value is -1.32. The summed E-state index contributed by atoms with van der Waals surface area (Å²) in [7, 11) is 1.97. The summed E-state index contributed by atoms with van der Waals surface area (Å²) in [6, 6.07) is 16.7. The number of hydrogen-bond acceptors (Lipinski definition) is 2. The molecule has 2 rings (SSSR count). The molecule has 0 amide bonds. The fourth-order valence-electron chi connectivity index (χ4n) is 2.25. The lowest BCUT2D eigenvalue weighted by Gasteiger charge is -2.20. The van der Waals surface area contributed by atoms with E-state index >= 15 is 0 Å². The van der Waals surface area contributed by atoms with Gasteiger partial charge in [-0.25, -0.2) is 0 Å². The molecule has 2 aromatic carbocycles. The van der Waals surface area contributed by atoms with Crippen molar-refractivity contribution in [3.63, 3.8) is 0 Å². The van der Waals surface area contributed by atoms with Gasteiger partial charge in [-0.1, -0.05) is 46.3 Å². The van der Waals surface area contributed by atoms with Gasteiger partial charge >= 0.3 is 0 Å². The standard InChI is InChI=1S/C17H20BrNO/c1-12(2)20-14-8-6-7-13(11-14)17(19-3)15-9-4-5-10-16(15)18/h4-12,17,19H,1-3H3. The van der Waals surface area contributed by atoms with Crippen molar-refractivity contribution in [1.29, 1.82) is 0 Å². The first-order valence-electron chi connectivity index (χ1n) is 6.80. The molecular weight excluding hydrogens is 314 g/mol. The molecule has 0 spiro atoms. The maximum absolute atomic E-state index is 5.78. The van der Waals surface area contributed by atoms with Crippen molar-refractivity contribution >= 4 is 15.9 Å². The highest BCUT2D eigenvalue weighted by Gasteiger charge is 2.15. The molecule has 106 valence electrons. The van der Waals surface area contributed by atoms with E-state index in [2.05, 4.69) is 51.6 Å². The Kier molecular flexibility index (Phi) is 5.21. The van der Waals surface area contributed by atoms with Gasteiger partial charge in [0.05, 0.1) is 12.1 Å². The molecule has 1 unspecified atom stereocenters. The van der Waals surface area contributed by atoms with Crippen molar-refractivity contribution in [2.75, 3.05) is 7.05 Å². The first kappa shape index (κ1) is 15.1. The predicted molar refractivity (Wildman–Crippen MR) is 87.3 cm³/mol. The minimum atomic E-state index is 0.140. The predicted octanol–water partition coefficient (Wildman–Crippen LogP) is 4.55. The summed E-state index contributed by atoms with van der Waals surface area (Å²) < 4.78 is 6.88. The zero-order valence-electron chi connectivity index (χ0n) is 12.1. The summed E-state index contributed by atoms with van der Waals surface area (Å²) in [6.07, 6.45) is 0.182. The number of halogens is 1. The monoisotopic (exact) mass is 333 g/mol. The van der Waals surface area contributed by atoms with Crippen molar-refractivity contribution in [3.8, 4) is 5.75 Å². The Labute approximate surface area is 129 Å². The van der Waals surface area contributed by atoms with Gasteiger partial charge in [-0.05, 0) is 50.2 Å². The molecule has 0 heterocycles. The van der Waals surface area contributed by atoms with Gasteiger partial charge < -0.3 is 10.1 Å². The van der Waals surface area contributed by atoms with E-state index in [1.54, 1.807) is 0 Å². The number of rotatable bonds is 5. The lowest BCUT2D eigenvalue weighted by atomic mass is 9.99. The minimum absolute atomic E-state index is 0.140. The second kappa shape index (κ2) is 6.91. The Balaban J connectivity index is 2.35. The Morgan fingerprint density at radius 1 is 1.05 bits per heavy atom. The molecule has 0 aliphatic heterocycles. The third kappa shape index (κ3) is 3.62. The number of nitrogens with one attached hydrogen (secondary N) is 1. The van der Waals surface area contributed by atoms with Crippen LogP contribution in [0.2, 0.25) is 0 Å². The summed E-state index contributed by atoms with van der Waals surface area (Å²) in [6.45, 7) is 4.08. The molecule has 0 radical (unpaired) electrons. The van der Waals surface area contributed by atoms with Gasteiger partial charge in [0.1, 0.15) is 5.75 Å². The van der Waals surface area contributed by atoms with Crippen LogP contribution in [0.4, 0.5) is 0 Å². The highest BCUT2D eigenvalue weighted by Crippen LogP contribution is 2.30. The molecule has 0 saturated heterocycles. The number of ether oxygens (including phenoxy) is 1. The van der Waals surface area contributed by atoms with Crippen LogP contribution in [0.25, 0.3) is 0 Å². The zero-order chi connectivity index (χ0) is 14.5. The SMILES string of the molecule is CNC(c1cccc(OC(C)C)c1)c1ccccc1Br. The van der Waals surface area contributed by atoms with Crippen LogP contribution in [0.5, 0.6) is 5.75 Å². The Bertz CT molecular complexity index is 568. The van der Waals surface area contributed by atoms with Gasteiger partial charge in [-0.3, -0.25) is 0 Å². The van der Waals surface area contributed by atoms with E-state index in [-0.39, 0.29) is 12.1 Å². The van der Waals surface area contributed by atoms with E-state index in [1.807, 2.05) is 39.1 Å². The quantitative estimate of drug-likeness (QED) is 0.866. The van der Waals surface area contributed by atoms with Crippen molar-refractivity contribution in [3.05, 3.63) is 64.1 Å². The largest absolute Gasteiger partial charge is 0.491 e. The number of hydrogen-bond donors (Lipinski definition) is 1. The van der Waals surface area contributed by atoms with Gasteiger partial charge in [0.15, 0.2) is 0 Å². The molecule has 0 aliphatic carbocycles. The molecule has 1 N–H and O–H groups in total. The van der Waals surface area contributed by atoms with E-state index in [0.717, 1.165) is 10.2 Å². The van der Waals surface area contributed by atoms with Gasteiger partial charge in [0.2, 0.25) is 0 Å². The Morgan fingerprint density at radius 2 is 1.80 bits per heavy atom. The van der Waals surface area contributed by atoms with Gasteiger partial charge in [-0.2, -0.15) is 0 Å². The van der Waals surface area contributed by atoms with Crippen LogP contribution >= 0.6 is 15.9 Å². The van der Waals surface area contributed by atoms with Gasteiger partial charge in [0, 0.05) is 4.47 Å². The van der Waals surface area contributed by atoms with Crippen molar-refractivity contribution < 1.29 is 4.74 Å². The van der Waals surface area contributed by atoms with Crippen molar-refractivity contribution in [2.24, 2.45) is 0 Å². The summed E-state index contributed by atoms with van der Waals surface area (Å²) >= 11 is 3.62. The second-order valence-corrected chi connectivity index (χ2v) is 5.84.